The number of benzene rings is 2. The number of carbonyl (C=O) groups is 2. The summed E-state index contributed by atoms with van der Waals surface area (Å²) in [4.78, 5) is 31.4. The zero-order valence-electron chi connectivity index (χ0n) is 21.0. The van der Waals surface area contributed by atoms with Crippen LogP contribution in [-0.4, -0.2) is 59.3 Å². The molecule has 0 aliphatic carbocycles. The Labute approximate surface area is 219 Å². The highest BCUT2D eigenvalue weighted by atomic mass is 32.1. The molecule has 0 radical (unpaired) electrons. The molecule has 3 aromatic rings. The van der Waals surface area contributed by atoms with E-state index in [2.05, 4.69) is 10.3 Å². The molecule has 1 aliphatic rings. The maximum atomic E-state index is 15.0. The molecule has 1 fully saturated rings. The van der Waals surface area contributed by atoms with Gasteiger partial charge < -0.3 is 19.7 Å². The number of nitrogens with one attached hydrogen (secondary N) is 1. The third kappa shape index (κ3) is 6.81. The van der Waals surface area contributed by atoms with Crippen molar-refractivity contribution < 1.29 is 23.5 Å². The van der Waals surface area contributed by atoms with Crippen LogP contribution in [0.25, 0.3) is 20.8 Å². The van der Waals surface area contributed by atoms with Crippen molar-refractivity contribution in [1.29, 1.82) is 5.26 Å². The van der Waals surface area contributed by atoms with Crippen LogP contribution in [0.3, 0.4) is 0 Å². The predicted molar refractivity (Wildman–Crippen MR) is 138 cm³/mol. The van der Waals surface area contributed by atoms with E-state index >= 15 is 0 Å². The number of nitrogens with zero attached hydrogens (tertiary/aromatic N) is 3. The molecule has 0 spiro atoms. The molecule has 2 atom stereocenters. The summed E-state index contributed by atoms with van der Waals surface area (Å²) >= 11 is 1.48. The van der Waals surface area contributed by atoms with Crippen molar-refractivity contribution >= 4 is 33.6 Å². The van der Waals surface area contributed by atoms with Gasteiger partial charge in [0.2, 0.25) is 0 Å². The van der Waals surface area contributed by atoms with E-state index < -0.39 is 35.6 Å². The zero-order valence-corrected chi connectivity index (χ0v) is 21.8. The third-order valence-corrected chi connectivity index (χ3v) is 6.80. The van der Waals surface area contributed by atoms with E-state index in [1.807, 2.05) is 30.3 Å². The summed E-state index contributed by atoms with van der Waals surface area (Å²) in [7, 11) is 0. The van der Waals surface area contributed by atoms with Crippen molar-refractivity contribution in [2.45, 2.75) is 51.4 Å². The molecule has 37 heavy (non-hydrogen) atoms. The minimum absolute atomic E-state index is 0.00409. The predicted octanol–water partition coefficient (Wildman–Crippen LogP) is 4.68. The SMILES string of the molecule is CC(C)(C)OC(=O)N1CCCOC(C(=O)N[C@H](C#N)Cc2ccc(-c3nc4ccccc4s3)cc2F)C1. The molecule has 1 N–H and O–H groups in total. The second-order valence-electron chi connectivity index (χ2n) is 9.83. The van der Waals surface area contributed by atoms with Crippen LogP contribution in [0.4, 0.5) is 9.18 Å². The summed E-state index contributed by atoms with van der Waals surface area (Å²) in [5.41, 5.74) is 1.13. The Bertz CT molecular complexity index is 1300. The van der Waals surface area contributed by atoms with Gasteiger partial charge in [-0.3, -0.25) is 4.79 Å². The van der Waals surface area contributed by atoms with Gasteiger partial charge in [-0.1, -0.05) is 24.3 Å². The number of amides is 2. The van der Waals surface area contributed by atoms with Crippen LogP contribution in [0.15, 0.2) is 42.5 Å². The van der Waals surface area contributed by atoms with Gasteiger partial charge in [0.05, 0.1) is 22.8 Å². The lowest BCUT2D eigenvalue weighted by Crippen LogP contribution is -2.48. The fraction of sp³-hybridized carbons (Fsp3) is 0.407. The summed E-state index contributed by atoms with van der Waals surface area (Å²) in [6.07, 6.45) is -0.951. The smallest absolute Gasteiger partial charge is 0.410 e. The first kappa shape index (κ1) is 26.5. The first-order chi connectivity index (χ1) is 17.6. The van der Waals surface area contributed by atoms with Crippen molar-refractivity contribution in [3.8, 4) is 16.6 Å². The second kappa shape index (κ2) is 11.2. The first-order valence-electron chi connectivity index (χ1n) is 12.1. The Balaban J connectivity index is 1.40. The number of hydrogen-bond donors (Lipinski definition) is 1. The molecule has 1 saturated heterocycles. The molecule has 2 heterocycles. The number of ether oxygens (including phenoxy) is 2. The van der Waals surface area contributed by atoms with Crippen molar-refractivity contribution in [1.82, 2.24) is 15.2 Å². The molecule has 2 aromatic carbocycles. The molecular weight excluding hydrogens is 495 g/mol. The van der Waals surface area contributed by atoms with Gasteiger partial charge in [0, 0.05) is 25.1 Å². The Morgan fingerprint density at radius 1 is 1.32 bits per heavy atom. The Hall–Kier alpha value is -3.55. The average Bonchev–Trinajstić information content (AvgIpc) is 3.12. The van der Waals surface area contributed by atoms with E-state index in [0.29, 0.717) is 29.1 Å². The largest absolute Gasteiger partial charge is 0.444 e. The van der Waals surface area contributed by atoms with Gasteiger partial charge in [-0.2, -0.15) is 5.26 Å². The van der Waals surface area contributed by atoms with Crippen LogP contribution < -0.4 is 5.32 Å². The van der Waals surface area contributed by atoms with E-state index in [1.54, 1.807) is 32.9 Å². The van der Waals surface area contributed by atoms with E-state index in [4.69, 9.17) is 9.47 Å². The van der Waals surface area contributed by atoms with Gasteiger partial charge >= 0.3 is 6.09 Å². The van der Waals surface area contributed by atoms with Gasteiger partial charge in [0.1, 0.15) is 22.5 Å². The van der Waals surface area contributed by atoms with Crippen molar-refractivity contribution in [3.05, 3.63) is 53.8 Å². The standard InChI is InChI=1S/C27H29FN4O4S/c1-27(2,3)36-26(34)32-11-6-12-35-22(16-32)24(33)30-19(15-29)13-17-9-10-18(14-20(17)28)25-31-21-7-4-5-8-23(21)37-25/h4-5,7-10,14,19,22H,6,11-13,16H2,1-3H3,(H,30,33)/t19-,22?/m0/s1. The molecule has 2 amide bonds. The van der Waals surface area contributed by atoms with Crippen molar-refractivity contribution in [2.24, 2.45) is 0 Å². The number of rotatable bonds is 5. The molecule has 8 nitrogen and oxygen atoms in total. The molecular formula is C27H29FN4O4S. The van der Waals surface area contributed by atoms with Crippen LogP contribution in [0.5, 0.6) is 0 Å². The number of hydrogen-bond acceptors (Lipinski definition) is 7. The summed E-state index contributed by atoms with van der Waals surface area (Å²) in [5.74, 6) is -1.01. The minimum Gasteiger partial charge on any atom is -0.444 e. The van der Waals surface area contributed by atoms with Crippen LogP contribution >= 0.6 is 11.3 Å². The van der Waals surface area contributed by atoms with Gasteiger partial charge in [0.25, 0.3) is 5.91 Å². The molecule has 10 heteroatoms. The van der Waals surface area contributed by atoms with Crippen molar-refractivity contribution in [2.75, 3.05) is 19.7 Å². The van der Waals surface area contributed by atoms with Crippen LogP contribution in [0.1, 0.15) is 32.8 Å². The number of halogens is 1. The van der Waals surface area contributed by atoms with Crippen LogP contribution in [-0.2, 0) is 20.7 Å². The fourth-order valence-electron chi connectivity index (χ4n) is 3.93. The van der Waals surface area contributed by atoms with Gasteiger partial charge in [-0.15, -0.1) is 11.3 Å². The van der Waals surface area contributed by atoms with Crippen LogP contribution in [0, 0.1) is 17.1 Å². The van der Waals surface area contributed by atoms with E-state index in [1.165, 1.54) is 22.3 Å². The van der Waals surface area contributed by atoms with E-state index in [-0.39, 0.29) is 19.6 Å². The minimum atomic E-state index is -0.975. The first-order valence-corrected chi connectivity index (χ1v) is 12.9. The molecule has 0 bridgehead atoms. The Morgan fingerprint density at radius 2 is 2.11 bits per heavy atom. The van der Waals surface area contributed by atoms with E-state index in [0.717, 1.165) is 10.2 Å². The number of carbonyl (C=O) groups excluding carboxylic acids is 2. The maximum absolute atomic E-state index is 15.0. The summed E-state index contributed by atoms with van der Waals surface area (Å²) in [5, 5.41) is 13.0. The molecule has 4 rings (SSSR count). The molecule has 194 valence electrons. The molecule has 1 unspecified atom stereocenters. The number of thiazole rings is 1. The lowest BCUT2D eigenvalue weighted by atomic mass is 10.0. The van der Waals surface area contributed by atoms with Crippen LogP contribution in [0.2, 0.25) is 0 Å². The molecule has 0 saturated carbocycles. The summed E-state index contributed by atoms with van der Waals surface area (Å²) in [6, 6.07) is 13.5. The number of aromatic nitrogens is 1. The Kier molecular flexibility index (Phi) is 8.05. The lowest BCUT2D eigenvalue weighted by Gasteiger charge is -2.27. The van der Waals surface area contributed by atoms with Gasteiger partial charge in [-0.05, 0) is 51.0 Å². The summed E-state index contributed by atoms with van der Waals surface area (Å²) < 4.78 is 27.0. The quantitative estimate of drug-likeness (QED) is 0.520. The maximum Gasteiger partial charge on any atom is 0.410 e. The Morgan fingerprint density at radius 3 is 2.81 bits per heavy atom. The monoisotopic (exact) mass is 524 g/mol. The average molecular weight is 525 g/mol. The fourth-order valence-corrected chi connectivity index (χ4v) is 4.89. The topological polar surface area (TPSA) is 105 Å². The number of nitriles is 1. The molecule has 1 aromatic heterocycles. The zero-order chi connectivity index (χ0) is 26.6. The molecule has 1 aliphatic heterocycles. The van der Waals surface area contributed by atoms with Crippen molar-refractivity contribution in [3.63, 3.8) is 0 Å². The second-order valence-corrected chi connectivity index (χ2v) is 10.9. The highest BCUT2D eigenvalue weighted by Crippen LogP contribution is 2.31. The summed E-state index contributed by atoms with van der Waals surface area (Å²) in [6.45, 7) is 6.00. The van der Waals surface area contributed by atoms with Gasteiger partial charge in [0.15, 0.2) is 6.10 Å². The number of fused-ring (bicyclic) bond motifs is 1. The third-order valence-electron chi connectivity index (χ3n) is 5.71. The highest BCUT2D eigenvalue weighted by molar-refractivity contribution is 7.21. The van der Waals surface area contributed by atoms with Gasteiger partial charge in [-0.25, -0.2) is 14.2 Å². The highest BCUT2D eigenvalue weighted by Gasteiger charge is 2.31. The van der Waals surface area contributed by atoms with E-state index in [9.17, 15) is 19.2 Å². The normalized spacial score (nSPS) is 17.1. The lowest BCUT2D eigenvalue weighted by molar-refractivity contribution is -0.133. The number of para-hydroxylation sites is 1.